The highest BCUT2D eigenvalue weighted by molar-refractivity contribution is 6.31. The molecule has 0 saturated carbocycles. The van der Waals surface area contributed by atoms with E-state index in [-0.39, 0.29) is 5.91 Å². The number of pyridine rings is 1. The number of carbonyl (C=O) groups is 1. The number of ether oxygens (including phenoxy) is 1. The fourth-order valence-corrected chi connectivity index (χ4v) is 3.55. The summed E-state index contributed by atoms with van der Waals surface area (Å²) in [5.74, 6) is 0.692. The lowest BCUT2D eigenvalue weighted by Gasteiger charge is -2.27. The molecule has 7 heteroatoms. The molecule has 0 atom stereocenters. The minimum Gasteiger partial charge on any atom is -0.378 e. The topological polar surface area (TPSA) is 59.4 Å². The van der Waals surface area contributed by atoms with Crippen LogP contribution in [0.3, 0.4) is 0 Å². The van der Waals surface area contributed by atoms with E-state index in [1.807, 2.05) is 53.9 Å². The Morgan fingerprint density at radius 2 is 2.04 bits per heavy atom. The molecule has 4 rings (SSSR count). The van der Waals surface area contributed by atoms with Gasteiger partial charge in [0.1, 0.15) is 5.82 Å². The smallest absolute Gasteiger partial charge is 0.257 e. The lowest BCUT2D eigenvalue weighted by molar-refractivity contribution is 0.0303. The van der Waals surface area contributed by atoms with E-state index in [1.54, 1.807) is 6.20 Å². The summed E-state index contributed by atoms with van der Waals surface area (Å²) in [6.45, 7) is 4.31. The number of rotatable bonds is 3. The van der Waals surface area contributed by atoms with Gasteiger partial charge in [-0.15, -0.1) is 0 Å². The molecular formula is C20H21ClN4O2. The summed E-state index contributed by atoms with van der Waals surface area (Å²) < 4.78 is 7.31. The Morgan fingerprint density at radius 3 is 2.81 bits per heavy atom. The average molecular weight is 385 g/mol. The molecule has 0 bridgehead atoms. The van der Waals surface area contributed by atoms with Crippen LogP contribution in [0.1, 0.15) is 15.9 Å². The molecule has 3 aromatic rings. The first-order valence-corrected chi connectivity index (χ1v) is 9.27. The molecule has 3 heterocycles. The van der Waals surface area contributed by atoms with E-state index < -0.39 is 0 Å². The summed E-state index contributed by atoms with van der Waals surface area (Å²) in [5.41, 5.74) is 3.32. The molecule has 0 unspecified atom stereocenters. The summed E-state index contributed by atoms with van der Waals surface area (Å²) in [6.07, 6.45) is 3.60. The number of benzene rings is 1. The van der Waals surface area contributed by atoms with Crippen molar-refractivity contribution in [3.63, 3.8) is 0 Å². The van der Waals surface area contributed by atoms with E-state index in [4.69, 9.17) is 16.3 Å². The lowest BCUT2D eigenvalue weighted by Crippen LogP contribution is -2.40. The normalized spacial score (nSPS) is 14.6. The van der Waals surface area contributed by atoms with Crippen LogP contribution in [0.5, 0.6) is 0 Å². The first-order valence-electron chi connectivity index (χ1n) is 8.89. The molecule has 0 aliphatic carbocycles. The Hall–Kier alpha value is -2.57. The largest absolute Gasteiger partial charge is 0.378 e. The van der Waals surface area contributed by atoms with Gasteiger partial charge in [0, 0.05) is 48.6 Å². The van der Waals surface area contributed by atoms with Gasteiger partial charge in [0.15, 0.2) is 0 Å². The molecule has 140 valence electrons. The number of aromatic nitrogens is 2. The number of aryl methyl sites for hydroxylation is 1. The van der Waals surface area contributed by atoms with Crippen molar-refractivity contribution in [2.24, 2.45) is 7.05 Å². The third kappa shape index (κ3) is 3.26. The van der Waals surface area contributed by atoms with Gasteiger partial charge in [-0.2, -0.15) is 0 Å². The number of morpholine rings is 1. The molecule has 27 heavy (non-hydrogen) atoms. The SMILES string of the molecule is Cc1c(Cl)cccc1Nc1ncc(C(=O)N2CCOCC2)c2c1ccn2C. The van der Waals surface area contributed by atoms with Crippen LogP contribution >= 0.6 is 11.6 Å². The Balaban J connectivity index is 1.75. The molecule has 0 spiro atoms. The van der Waals surface area contributed by atoms with Crippen molar-refractivity contribution in [2.45, 2.75) is 6.92 Å². The average Bonchev–Trinajstić information content (AvgIpc) is 3.08. The second-order valence-corrected chi connectivity index (χ2v) is 7.06. The van der Waals surface area contributed by atoms with E-state index in [2.05, 4.69) is 10.3 Å². The molecule has 0 radical (unpaired) electrons. The minimum atomic E-state index is -0.0110. The van der Waals surface area contributed by atoms with Gasteiger partial charge in [0.05, 0.1) is 24.3 Å². The van der Waals surface area contributed by atoms with Crippen LogP contribution in [0.25, 0.3) is 10.9 Å². The third-order valence-corrected chi connectivity index (χ3v) is 5.36. The van der Waals surface area contributed by atoms with Crippen molar-refractivity contribution in [3.8, 4) is 0 Å². The third-order valence-electron chi connectivity index (χ3n) is 4.96. The van der Waals surface area contributed by atoms with Crippen molar-refractivity contribution in [2.75, 3.05) is 31.6 Å². The molecule has 6 nitrogen and oxygen atoms in total. The Labute approximate surface area is 162 Å². The molecule has 1 aliphatic rings. The molecule has 2 aromatic heterocycles. The fraction of sp³-hybridized carbons (Fsp3) is 0.300. The van der Waals surface area contributed by atoms with Gasteiger partial charge in [-0.3, -0.25) is 4.79 Å². The first kappa shape index (κ1) is 17.8. The monoisotopic (exact) mass is 384 g/mol. The molecule has 1 fully saturated rings. The first-order chi connectivity index (χ1) is 13.1. The summed E-state index contributed by atoms with van der Waals surface area (Å²) in [5, 5.41) is 4.96. The Kier molecular flexibility index (Phi) is 4.76. The number of hydrogen-bond donors (Lipinski definition) is 1. The Bertz CT molecular complexity index is 1010. The van der Waals surface area contributed by atoms with Gasteiger partial charge in [-0.25, -0.2) is 4.98 Å². The number of amides is 1. The standard InChI is InChI=1S/C20H21ClN4O2/c1-13-16(21)4-3-5-17(13)23-19-14-6-7-24(2)18(14)15(12-22-19)20(26)25-8-10-27-11-9-25/h3-7,12H,8-11H2,1-2H3,(H,22,23). The van der Waals surface area contributed by atoms with Crippen LogP contribution in [0.4, 0.5) is 11.5 Å². The van der Waals surface area contributed by atoms with Crippen molar-refractivity contribution in [1.82, 2.24) is 14.5 Å². The predicted molar refractivity (Wildman–Crippen MR) is 107 cm³/mol. The predicted octanol–water partition coefficient (Wildman–Crippen LogP) is 3.75. The van der Waals surface area contributed by atoms with Crippen LogP contribution in [0.15, 0.2) is 36.7 Å². The van der Waals surface area contributed by atoms with Crippen LogP contribution in [0.2, 0.25) is 5.02 Å². The molecule has 1 saturated heterocycles. The number of halogens is 1. The van der Waals surface area contributed by atoms with Gasteiger partial charge < -0.3 is 19.5 Å². The van der Waals surface area contributed by atoms with Crippen molar-refractivity contribution in [3.05, 3.63) is 52.8 Å². The highest BCUT2D eigenvalue weighted by Crippen LogP contribution is 2.31. The number of carbonyl (C=O) groups excluding carboxylic acids is 1. The zero-order valence-electron chi connectivity index (χ0n) is 15.3. The van der Waals surface area contributed by atoms with Crippen molar-refractivity contribution >= 4 is 39.9 Å². The van der Waals surface area contributed by atoms with Crippen molar-refractivity contribution < 1.29 is 9.53 Å². The lowest BCUT2D eigenvalue weighted by atomic mass is 10.1. The molecule has 1 amide bonds. The van der Waals surface area contributed by atoms with Gasteiger partial charge in [0.25, 0.3) is 5.91 Å². The minimum absolute atomic E-state index is 0.0110. The molecular weight excluding hydrogens is 364 g/mol. The van der Waals surface area contributed by atoms with Gasteiger partial charge in [-0.1, -0.05) is 17.7 Å². The van der Waals surface area contributed by atoms with Crippen LogP contribution in [-0.4, -0.2) is 46.7 Å². The highest BCUT2D eigenvalue weighted by Gasteiger charge is 2.23. The molecule has 1 aromatic carbocycles. The maximum Gasteiger partial charge on any atom is 0.257 e. The van der Waals surface area contributed by atoms with E-state index in [1.165, 1.54) is 0 Å². The molecule has 1 aliphatic heterocycles. The number of nitrogens with zero attached hydrogens (tertiary/aromatic N) is 3. The van der Waals surface area contributed by atoms with Gasteiger partial charge in [0.2, 0.25) is 0 Å². The fourth-order valence-electron chi connectivity index (χ4n) is 3.38. The summed E-state index contributed by atoms with van der Waals surface area (Å²) in [4.78, 5) is 19.4. The summed E-state index contributed by atoms with van der Waals surface area (Å²) >= 11 is 6.23. The van der Waals surface area contributed by atoms with E-state index >= 15 is 0 Å². The number of hydrogen-bond acceptors (Lipinski definition) is 4. The zero-order valence-corrected chi connectivity index (χ0v) is 16.1. The summed E-state index contributed by atoms with van der Waals surface area (Å²) in [7, 11) is 1.94. The van der Waals surface area contributed by atoms with Crippen LogP contribution < -0.4 is 5.32 Å². The van der Waals surface area contributed by atoms with E-state index in [0.29, 0.717) is 42.7 Å². The van der Waals surface area contributed by atoms with Crippen LogP contribution in [0, 0.1) is 6.92 Å². The summed E-state index contributed by atoms with van der Waals surface area (Å²) in [6, 6.07) is 7.69. The number of anilines is 2. The zero-order chi connectivity index (χ0) is 19.0. The maximum atomic E-state index is 13.0. The second-order valence-electron chi connectivity index (χ2n) is 6.65. The maximum absolute atomic E-state index is 13.0. The van der Waals surface area contributed by atoms with Crippen molar-refractivity contribution in [1.29, 1.82) is 0 Å². The van der Waals surface area contributed by atoms with E-state index in [9.17, 15) is 4.79 Å². The number of fused-ring (bicyclic) bond motifs is 1. The second kappa shape index (κ2) is 7.21. The highest BCUT2D eigenvalue weighted by atomic mass is 35.5. The van der Waals surface area contributed by atoms with Gasteiger partial charge >= 0.3 is 0 Å². The van der Waals surface area contributed by atoms with Gasteiger partial charge in [-0.05, 0) is 30.7 Å². The quantitative estimate of drug-likeness (QED) is 0.747. The van der Waals surface area contributed by atoms with E-state index in [0.717, 1.165) is 22.2 Å². The molecule has 1 N–H and O–H groups in total. The Morgan fingerprint density at radius 1 is 1.26 bits per heavy atom. The van der Waals surface area contributed by atoms with Crippen LogP contribution in [-0.2, 0) is 11.8 Å². The number of nitrogens with one attached hydrogen (secondary N) is 1.